The molecule has 0 amide bonds. The second-order valence-corrected chi connectivity index (χ2v) is 4.87. The molecular weight excluding hydrogens is 271 g/mol. The number of rotatable bonds is 3. The van der Waals surface area contributed by atoms with Gasteiger partial charge in [-0.15, -0.1) is 0 Å². The van der Waals surface area contributed by atoms with Crippen molar-refractivity contribution >= 4 is 23.2 Å². The fourth-order valence-corrected chi connectivity index (χ4v) is 2.14. The average Bonchev–Trinajstić information content (AvgIpc) is 2.37. The number of aliphatic hydroxyl groups excluding tert-OH is 2. The summed E-state index contributed by atoms with van der Waals surface area (Å²) in [5, 5.41) is 21.2. The molecule has 2 atom stereocenters. The van der Waals surface area contributed by atoms with Crippen molar-refractivity contribution in [1.29, 1.82) is 0 Å². The third-order valence-corrected chi connectivity index (χ3v) is 3.15. The van der Waals surface area contributed by atoms with Gasteiger partial charge in [0.1, 0.15) is 12.2 Å². The van der Waals surface area contributed by atoms with Crippen LogP contribution in [0.15, 0.2) is 48.5 Å². The van der Waals surface area contributed by atoms with Crippen molar-refractivity contribution in [3.05, 3.63) is 69.7 Å². The summed E-state index contributed by atoms with van der Waals surface area (Å²) in [7, 11) is 0. The highest BCUT2D eigenvalue weighted by Crippen LogP contribution is 2.30. The zero-order chi connectivity index (χ0) is 13.1. The van der Waals surface area contributed by atoms with E-state index in [4.69, 9.17) is 23.2 Å². The molecule has 0 heterocycles. The topological polar surface area (TPSA) is 40.5 Å². The lowest BCUT2D eigenvalue weighted by Gasteiger charge is -2.19. The van der Waals surface area contributed by atoms with E-state index in [2.05, 4.69) is 0 Å². The minimum absolute atomic E-state index is 0.518. The first-order chi connectivity index (χ1) is 8.58. The summed E-state index contributed by atoms with van der Waals surface area (Å²) in [6.45, 7) is 0. The molecule has 94 valence electrons. The largest absolute Gasteiger partial charge is 0.385 e. The molecule has 2 unspecified atom stereocenters. The molecule has 2 nitrogen and oxygen atoms in total. The lowest BCUT2D eigenvalue weighted by molar-refractivity contribution is 0.0172. The Bertz CT molecular complexity index is 493. The van der Waals surface area contributed by atoms with Crippen LogP contribution in [0.1, 0.15) is 23.3 Å². The monoisotopic (exact) mass is 282 g/mol. The van der Waals surface area contributed by atoms with Crippen molar-refractivity contribution in [2.45, 2.75) is 12.2 Å². The van der Waals surface area contributed by atoms with Gasteiger partial charge in [0.05, 0.1) is 0 Å². The first-order valence-electron chi connectivity index (χ1n) is 5.45. The highest BCUT2D eigenvalue weighted by Gasteiger charge is 2.20. The summed E-state index contributed by atoms with van der Waals surface area (Å²) in [6, 6.07) is 13.6. The van der Waals surface area contributed by atoms with E-state index in [1.165, 1.54) is 0 Å². The number of hydrogen-bond donors (Lipinski definition) is 2. The summed E-state index contributed by atoms with van der Waals surface area (Å²) >= 11 is 11.7. The van der Waals surface area contributed by atoms with E-state index in [0.717, 1.165) is 0 Å². The molecule has 2 N–H and O–H groups in total. The molecule has 2 rings (SSSR count). The summed E-state index contributed by atoms with van der Waals surface area (Å²) in [6.07, 6.45) is -2.08. The van der Waals surface area contributed by atoms with E-state index < -0.39 is 12.2 Å². The Kier molecular flexibility index (Phi) is 4.25. The van der Waals surface area contributed by atoms with Crippen LogP contribution in [0.4, 0.5) is 0 Å². The highest BCUT2D eigenvalue weighted by molar-refractivity contribution is 6.30. The molecular formula is C14H12Cl2O2. The Morgan fingerprint density at radius 2 is 1.11 bits per heavy atom. The Labute approximate surface area is 115 Å². The molecule has 2 aromatic carbocycles. The van der Waals surface area contributed by atoms with Crippen LogP contribution in [-0.2, 0) is 0 Å². The Morgan fingerprint density at radius 1 is 0.722 bits per heavy atom. The molecule has 0 saturated carbocycles. The van der Waals surface area contributed by atoms with E-state index in [1.54, 1.807) is 48.5 Å². The molecule has 0 aromatic heterocycles. The van der Waals surface area contributed by atoms with Gasteiger partial charge in [0.2, 0.25) is 0 Å². The SMILES string of the molecule is OC(c1cccc(Cl)c1)C(O)c1cccc(Cl)c1. The minimum atomic E-state index is -1.04. The lowest BCUT2D eigenvalue weighted by Crippen LogP contribution is -2.10. The Balaban J connectivity index is 2.26. The molecule has 0 aliphatic heterocycles. The minimum Gasteiger partial charge on any atom is -0.385 e. The fourth-order valence-electron chi connectivity index (χ4n) is 1.75. The van der Waals surface area contributed by atoms with Crippen molar-refractivity contribution < 1.29 is 10.2 Å². The van der Waals surface area contributed by atoms with Gasteiger partial charge in [0.25, 0.3) is 0 Å². The quantitative estimate of drug-likeness (QED) is 0.900. The van der Waals surface area contributed by atoms with Gasteiger partial charge >= 0.3 is 0 Å². The van der Waals surface area contributed by atoms with Crippen molar-refractivity contribution in [2.75, 3.05) is 0 Å². The number of halogens is 2. The molecule has 0 aliphatic rings. The van der Waals surface area contributed by atoms with Crippen LogP contribution in [0.3, 0.4) is 0 Å². The summed E-state index contributed by atoms with van der Waals surface area (Å²) in [4.78, 5) is 0. The first-order valence-corrected chi connectivity index (χ1v) is 6.20. The van der Waals surface area contributed by atoms with Crippen LogP contribution >= 0.6 is 23.2 Å². The molecule has 0 saturated heterocycles. The lowest BCUT2D eigenvalue weighted by atomic mass is 9.98. The van der Waals surface area contributed by atoms with E-state index >= 15 is 0 Å². The van der Waals surface area contributed by atoms with Crippen LogP contribution in [0.2, 0.25) is 10.0 Å². The van der Waals surface area contributed by atoms with Crippen molar-refractivity contribution in [3.63, 3.8) is 0 Å². The number of hydrogen-bond acceptors (Lipinski definition) is 2. The van der Waals surface area contributed by atoms with Gasteiger partial charge in [-0.25, -0.2) is 0 Å². The first kappa shape index (κ1) is 13.4. The van der Waals surface area contributed by atoms with Gasteiger partial charge in [-0.05, 0) is 35.4 Å². The molecule has 0 bridgehead atoms. The smallest absolute Gasteiger partial charge is 0.109 e. The normalized spacial score (nSPS) is 14.2. The molecule has 4 heteroatoms. The van der Waals surface area contributed by atoms with Gasteiger partial charge in [-0.1, -0.05) is 47.5 Å². The molecule has 0 aliphatic carbocycles. The molecule has 0 spiro atoms. The second-order valence-electron chi connectivity index (χ2n) is 4.00. The van der Waals surface area contributed by atoms with Gasteiger partial charge in [-0.3, -0.25) is 0 Å². The molecule has 0 fully saturated rings. The fraction of sp³-hybridized carbons (Fsp3) is 0.143. The predicted octanol–water partition coefficient (Wildman–Crippen LogP) is 3.76. The highest BCUT2D eigenvalue weighted by atomic mass is 35.5. The summed E-state index contributed by atoms with van der Waals surface area (Å²) in [5.41, 5.74) is 1.13. The maximum absolute atomic E-state index is 10.1. The Hall–Kier alpha value is -1.06. The van der Waals surface area contributed by atoms with Crippen LogP contribution in [-0.4, -0.2) is 10.2 Å². The van der Waals surface area contributed by atoms with E-state index in [-0.39, 0.29) is 0 Å². The summed E-state index contributed by atoms with van der Waals surface area (Å²) < 4.78 is 0. The maximum atomic E-state index is 10.1. The number of aliphatic hydroxyl groups is 2. The van der Waals surface area contributed by atoms with E-state index in [1.807, 2.05) is 0 Å². The average molecular weight is 283 g/mol. The van der Waals surface area contributed by atoms with Crippen molar-refractivity contribution in [2.24, 2.45) is 0 Å². The zero-order valence-corrected chi connectivity index (χ0v) is 10.9. The van der Waals surface area contributed by atoms with Crippen molar-refractivity contribution in [1.82, 2.24) is 0 Å². The van der Waals surface area contributed by atoms with E-state index in [0.29, 0.717) is 21.2 Å². The second kappa shape index (κ2) is 5.72. The van der Waals surface area contributed by atoms with Crippen LogP contribution in [0.25, 0.3) is 0 Å². The van der Waals surface area contributed by atoms with Crippen LogP contribution in [0.5, 0.6) is 0 Å². The summed E-state index contributed by atoms with van der Waals surface area (Å²) in [5.74, 6) is 0. The van der Waals surface area contributed by atoms with E-state index in [9.17, 15) is 10.2 Å². The molecule has 18 heavy (non-hydrogen) atoms. The van der Waals surface area contributed by atoms with Gasteiger partial charge in [0, 0.05) is 10.0 Å². The molecule has 2 aromatic rings. The van der Waals surface area contributed by atoms with Gasteiger partial charge in [0.15, 0.2) is 0 Å². The third-order valence-electron chi connectivity index (χ3n) is 2.68. The Morgan fingerprint density at radius 3 is 1.44 bits per heavy atom. The van der Waals surface area contributed by atoms with Crippen LogP contribution in [0, 0.1) is 0 Å². The predicted molar refractivity (Wildman–Crippen MR) is 72.8 cm³/mol. The standard InChI is InChI=1S/C14H12Cl2O2/c15-11-5-1-3-9(7-11)13(17)14(18)10-4-2-6-12(16)8-10/h1-8,13-14,17-18H. The number of benzene rings is 2. The van der Waals surface area contributed by atoms with Crippen molar-refractivity contribution in [3.8, 4) is 0 Å². The third kappa shape index (κ3) is 3.03. The van der Waals surface area contributed by atoms with Gasteiger partial charge in [-0.2, -0.15) is 0 Å². The van der Waals surface area contributed by atoms with Gasteiger partial charge < -0.3 is 10.2 Å². The maximum Gasteiger partial charge on any atom is 0.109 e. The molecule has 0 radical (unpaired) electrons. The van der Waals surface area contributed by atoms with Crippen LogP contribution < -0.4 is 0 Å². The zero-order valence-electron chi connectivity index (χ0n) is 9.42.